The number of benzene rings is 2. The molecule has 2 fully saturated rings. The second-order valence-corrected chi connectivity index (χ2v) is 10.1. The van der Waals surface area contributed by atoms with Gasteiger partial charge in [-0.1, -0.05) is 26.0 Å². The predicted molar refractivity (Wildman–Crippen MR) is 145 cm³/mol. The summed E-state index contributed by atoms with van der Waals surface area (Å²) in [5, 5.41) is 11.3. The van der Waals surface area contributed by atoms with E-state index in [-0.39, 0.29) is 11.3 Å². The first kappa shape index (κ1) is 27.7. The molecule has 2 heterocycles. The van der Waals surface area contributed by atoms with Gasteiger partial charge in [0.1, 0.15) is 17.3 Å². The lowest BCUT2D eigenvalue weighted by Crippen LogP contribution is -2.38. The summed E-state index contributed by atoms with van der Waals surface area (Å²) in [4.78, 5) is 30.5. The standard InChI is InChI=1S/C30H38N2O6/c1-21(2)12-17-38-25-7-4-6-23(20-25)27-26(28(33)22-8-10-24(36-3)11-9-22)29(34)30(35)32(27)14-5-13-31-15-18-37-19-16-31/h4,6-11,20-21,27,33H,5,12-19H2,1-3H3. The zero-order valence-corrected chi connectivity index (χ0v) is 22.5. The van der Waals surface area contributed by atoms with Crippen LogP contribution in [0.1, 0.15) is 43.9 Å². The summed E-state index contributed by atoms with van der Waals surface area (Å²) in [6.07, 6.45) is 1.62. The number of likely N-dealkylation sites (tertiary alicyclic amines) is 1. The Morgan fingerprint density at radius 3 is 2.47 bits per heavy atom. The molecule has 1 amide bonds. The van der Waals surface area contributed by atoms with E-state index in [1.807, 2.05) is 24.3 Å². The quantitative estimate of drug-likeness (QED) is 0.268. The third kappa shape index (κ3) is 6.55. The third-order valence-electron chi connectivity index (χ3n) is 7.02. The number of carbonyl (C=O) groups excluding carboxylic acids is 2. The highest BCUT2D eigenvalue weighted by atomic mass is 16.5. The number of hydrogen-bond acceptors (Lipinski definition) is 7. The van der Waals surface area contributed by atoms with Gasteiger partial charge in [-0.05, 0) is 60.7 Å². The Labute approximate surface area is 224 Å². The Kier molecular flexibility index (Phi) is 9.42. The minimum absolute atomic E-state index is 0.0888. The van der Waals surface area contributed by atoms with Crippen molar-refractivity contribution in [1.29, 1.82) is 0 Å². The molecule has 0 bridgehead atoms. The molecule has 8 nitrogen and oxygen atoms in total. The van der Waals surface area contributed by atoms with Gasteiger partial charge in [-0.3, -0.25) is 14.5 Å². The second kappa shape index (κ2) is 12.9. The number of amides is 1. The van der Waals surface area contributed by atoms with E-state index in [0.29, 0.717) is 55.8 Å². The molecule has 4 rings (SSSR count). The Morgan fingerprint density at radius 2 is 1.79 bits per heavy atom. The van der Waals surface area contributed by atoms with Crippen molar-refractivity contribution in [3.63, 3.8) is 0 Å². The number of aliphatic hydroxyl groups is 1. The molecule has 8 heteroatoms. The van der Waals surface area contributed by atoms with Gasteiger partial charge in [0.05, 0.1) is 38.5 Å². The maximum Gasteiger partial charge on any atom is 0.295 e. The fraction of sp³-hybridized carbons (Fsp3) is 0.467. The van der Waals surface area contributed by atoms with Crippen LogP contribution in [0.25, 0.3) is 5.76 Å². The van der Waals surface area contributed by atoms with Crippen molar-refractivity contribution in [3.05, 3.63) is 65.2 Å². The zero-order chi connectivity index (χ0) is 27.1. The van der Waals surface area contributed by atoms with Gasteiger partial charge in [-0.15, -0.1) is 0 Å². The van der Waals surface area contributed by atoms with Crippen LogP contribution in [0.3, 0.4) is 0 Å². The van der Waals surface area contributed by atoms with Crippen molar-refractivity contribution in [1.82, 2.24) is 9.80 Å². The topological polar surface area (TPSA) is 88.5 Å². The summed E-state index contributed by atoms with van der Waals surface area (Å²) < 4.78 is 16.6. The number of Topliss-reactive ketones (excluding diaryl/α,β-unsaturated/α-hetero) is 1. The largest absolute Gasteiger partial charge is 0.507 e. The molecule has 38 heavy (non-hydrogen) atoms. The van der Waals surface area contributed by atoms with Gasteiger partial charge < -0.3 is 24.2 Å². The van der Waals surface area contributed by atoms with Crippen LogP contribution in [0.5, 0.6) is 11.5 Å². The van der Waals surface area contributed by atoms with Crippen molar-refractivity contribution in [2.45, 2.75) is 32.7 Å². The molecule has 2 saturated heterocycles. The van der Waals surface area contributed by atoms with Crippen molar-refractivity contribution in [2.24, 2.45) is 5.92 Å². The van der Waals surface area contributed by atoms with Gasteiger partial charge in [0.25, 0.3) is 11.7 Å². The van der Waals surface area contributed by atoms with E-state index in [1.54, 1.807) is 36.3 Å². The molecule has 0 aromatic heterocycles. The van der Waals surface area contributed by atoms with Gasteiger partial charge in [-0.2, -0.15) is 0 Å². The molecule has 1 atom stereocenters. The number of aliphatic hydroxyl groups excluding tert-OH is 1. The van der Waals surface area contributed by atoms with E-state index in [1.165, 1.54) is 0 Å². The number of ketones is 1. The number of morpholine rings is 1. The molecule has 2 aromatic rings. The van der Waals surface area contributed by atoms with Crippen molar-refractivity contribution < 1.29 is 28.9 Å². The monoisotopic (exact) mass is 522 g/mol. The van der Waals surface area contributed by atoms with Crippen molar-refractivity contribution in [2.75, 3.05) is 53.1 Å². The number of rotatable bonds is 11. The molecule has 0 spiro atoms. The molecular formula is C30H38N2O6. The Morgan fingerprint density at radius 1 is 1.05 bits per heavy atom. The molecule has 2 aliphatic heterocycles. The summed E-state index contributed by atoms with van der Waals surface area (Å²) in [5.74, 6) is 0.345. The molecular weight excluding hydrogens is 484 g/mol. The maximum absolute atomic E-state index is 13.3. The average Bonchev–Trinajstić information content (AvgIpc) is 3.18. The smallest absolute Gasteiger partial charge is 0.295 e. The van der Waals surface area contributed by atoms with Crippen LogP contribution in [0.4, 0.5) is 0 Å². The molecule has 1 unspecified atom stereocenters. The lowest BCUT2D eigenvalue weighted by Gasteiger charge is -2.29. The van der Waals surface area contributed by atoms with E-state index in [0.717, 1.165) is 31.6 Å². The molecule has 2 aliphatic rings. The summed E-state index contributed by atoms with van der Waals surface area (Å²) in [6.45, 7) is 9.18. The number of methoxy groups -OCH3 is 1. The van der Waals surface area contributed by atoms with Crippen molar-refractivity contribution >= 4 is 17.4 Å². The van der Waals surface area contributed by atoms with Gasteiger partial charge in [0.15, 0.2) is 0 Å². The van der Waals surface area contributed by atoms with Gasteiger partial charge in [-0.25, -0.2) is 0 Å². The summed E-state index contributed by atoms with van der Waals surface area (Å²) >= 11 is 0. The fourth-order valence-electron chi connectivity index (χ4n) is 4.84. The predicted octanol–water partition coefficient (Wildman–Crippen LogP) is 4.26. The third-order valence-corrected chi connectivity index (χ3v) is 7.02. The second-order valence-electron chi connectivity index (χ2n) is 10.1. The van der Waals surface area contributed by atoms with Crippen LogP contribution >= 0.6 is 0 Å². The van der Waals surface area contributed by atoms with Crippen molar-refractivity contribution in [3.8, 4) is 11.5 Å². The van der Waals surface area contributed by atoms with E-state index in [2.05, 4.69) is 18.7 Å². The Hall–Kier alpha value is -3.36. The zero-order valence-electron chi connectivity index (χ0n) is 22.5. The normalized spacial score (nSPS) is 19.8. The first-order valence-corrected chi connectivity index (χ1v) is 13.3. The highest BCUT2D eigenvalue weighted by Crippen LogP contribution is 2.40. The average molecular weight is 523 g/mol. The lowest BCUT2D eigenvalue weighted by atomic mass is 9.95. The van der Waals surface area contributed by atoms with Gasteiger partial charge in [0, 0.05) is 31.7 Å². The van der Waals surface area contributed by atoms with Gasteiger partial charge in [0.2, 0.25) is 0 Å². The minimum Gasteiger partial charge on any atom is -0.507 e. The number of carbonyl (C=O) groups is 2. The molecule has 0 aliphatic carbocycles. The first-order valence-electron chi connectivity index (χ1n) is 13.3. The van der Waals surface area contributed by atoms with Crippen LogP contribution in [-0.4, -0.2) is 79.7 Å². The molecule has 0 saturated carbocycles. The Balaban J connectivity index is 1.65. The van der Waals surface area contributed by atoms with Crippen LogP contribution in [-0.2, 0) is 14.3 Å². The van der Waals surface area contributed by atoms with E-state index < -0.39 is 17.7 Å². The van der Waals surface area contributed by atoms with Crippen LogP contribution < -0.4 is 9.47 Å². The molecule has 204 valence electrons. The number of ether oxygens (including phenoxy) is 3. The summed E-state index contributed by atoms with van der Waals surface area (Å²) in [6, 6.07) is 13.6. The van der Waals surface area contributed by atoms with E-state index in [9.17, 15) is 14.7 Å². The highest BCUT2D eigenvalue weighted by molar-refractivity contribution is 6.46. The molecule has 1 N–H and O–H groups in total. The van der Waals surface area contributed by atoms with Gasteiger partial charge >= 0.3 is 0 Å². The van der Waals surface area contributed by atoms with Crippen LogP contribution in [0, 0.1) is 5.92 Å². The Bertz CT molecular complexity index is 1140. The fourth-order valence-corrected chi connectivity index (χ4v) is 4.84. The first-order chi connectivity index (χ1) is 18.4. The lowest BCUT2D eigenvalue weighted by molar-refractivity contribution is -0.140. The van der Waals surface area contributed by atoms with E-state index in [4.69, 9.17) is 14.2 Å². The van der Waals surface area contributed by atoms with E-state index >= 15 is 0 Å². The number of hydrogen-bond donors (Lipinski definition) is 1. The maximum atomic E-state index is 13.3. The van der Waals surface area contributed by atoms with Crippen LogP contribution in [0.2, 0.25) is 0 Å². The molecule has 2 aromatic carbocycles. The summed E-state index contributed by atoms with van der Waals surface area (Å²) in [5.41, 5.74) is 1.27. The highest BCUT2D eigenvalue weighted by Gasteiger charge is 2.46. The minimum atomic E-state index is -0.713. The molecule has 0 radical (unpaired) electrons. The number of nitrogens with zero attached hydrogens (tertiary/aromatic N) is 2. The summed E-state index contributed by atoms with van der Waals surface area (Å²) in [7, 11) is 1.56. The SMILES string of the molecule is COc1ccc(C(O)=C2C(=O)C(=O)N(CCCN3CCOCC3)C2c2cccc(OCCC(C)C)c2)cc1. The van der Waals surface area contributed by atoms with Crippen LogP contribution in [0.15, 0.2) is 54.1 Å².